The molecule has 0 aliphatic rings. The Morgan fingerprint density at radius 3 is 2.03 bits per heavy atom. The number of carbonyl (C=O) groups is 2. The van der Waals surface area contributed by atoms with Gasteiger partial charge in [-0.2, -0.15) is 13.2 Å². The summed E-state index contributed by atoms with van der Waals surface area (Å²) in [6, 6.07) is 7.75. The van der Waals surface area contributed by atoms with Gasteiger partial charge in [0.15, 0.2) is 0 Å². The van der Waals surface area contributed by atoms with Gasteiger partial charge < -0.3 is 15.4 Å². The molecule has 0 aliphatic heterocycles. The Balaban J connectivity index is 2.56. The number of esters is 1. The molecule has 0 aromatic heterocycles. The number of alkyl halides is 3. The summed E-state index contributed by atoms with van der Waals surface area (Å²) >= 11 is 0. The van der Waals surface area contributed by atoms with E-state index in [1.165, 1.54) is 36.5 Å². The number of carbonyl (C=O) groups excluding carboxylic acids is 2. The second-order valence-electron chi connectivity index (χ2n) is 6.01. The van der Waals surface area contributed by atoms with E-state index in [4.69, 9.17) is 0 Å². The average Bonchev–Trinajstić information content (AvgIpc) is 2.62. The zero-order valence-electron chi connectivity index (χ0n) is 15.4. The molecule has 29 heavy (non-hydrogen) atoms. The van der Waals surface area contributed by atoms with Gasteiger partial charge >= 0.3 is 17.8 Å². The molecule has 0 heterocycles. The summed E-state index contributed by atoms with van der Waals surface area (Å²) in [7, 11) is 0. The van der Waals surface area contributed by atoms with Crippen LogP contribution in [-0.4, -0.2) is 30.3 Å². The molecule has 156 valence electrons. The maximum Gasteiger partial charge on any atom is 0.441 e. The number of nitrogens with one attached hydrogen (secondary N) is 2. The Morgan fingerprint density at radius 1 is 1.00 bits per heavy atom. The third-order valence-corrected chi connectivity index (χ3v) is 3.88. The Labute approximate surface area is 162 Å². The smallest absolute Gasteiger partial charge is 0.441 e. The number of amides is 1. The summed E-state index contributed by atoms with van der Waals surface area (Å²) in [6.07, 6.45) is -5.43. The molecule has 0 saturated heterocycles. The fraction of sp³-hybridized carbons (Fsp3) is 0.263. The van der Waals surface area contributed by atoms with Crippen LogP contribution in [0.15, 0.2) is 42.5 Å². The number of ether oxygens (including phenoxy) is 1. The normalized spacial score (nSPS) is 13.3. The molecule has 0 saturated carbocycles. The topological polar surface area (TPSA) is 67.4 Å². The van der Waals surface area contributed by atoms with Gasteiger partial charge in [0.2, 0.25) is 0 Å². The lowest BCUT2D eigenvalue weighted by Gasteiger charge is -2.35. The molecule has 0 radical (unpaired) electrons. The molecule has 2 aromatic carbocycles. The first-order chi connectivity index (χ1) is 13.5. The van der Waals surface area contributed by atoms with Gasteiger partial charge in [-0.05, 0) is 38.1 Å². The van der Waals surface area contributed by atoms with E-state index < -0.39 is 47.5 Å². The van der Waals surface area contributed by atoms with E-state index in [1.54, 1.807) is 6.92 Å². The van der Waals surface area contributed by atoms with Crippen LogP contribution in [0.2, 0.25) is 0 Å². The highest BCUT2D eigenvalue weighted by Gasteiger charge is 2.63. The van der Waals surface area contributed by atoms with Gasteiger partial charge in [0.05, 0.1) is 6.61 Å². The van der Waals surface area contributed by atoms with Crippen LogP contribution in [0.1, 0.15) is 22.8 Å². The van der Waals surface area contributed by atoms with Crippen molar-refractivity contribution in [2.75, 3.05) is 11.9 Å². The maximum atomic E-state index is 14.0. The fourth-order valence-electron chi connectivity index (χ4n) is 2.43. The largest absolute Gasteiger partial charge is 0.463 e. The van der Waals surface area contributed by atoms with Crippen LogP contribution in [0.3, 0.4) is 0 Å². The molecule has 0 bridgehead atoms. The minimum Gasteiger partial charge on any atom is -0.463 e. The van der Waals surface area contributed by atoms with Crippen molar-refractivity contribution in [3.63, 3.8) is 0 Å². The van der Waals surface area contributed by atoms with Gasteiger partial charge in [-0.3, -0.25) is 4.79 Å². The van der Waals surface area contributed by atoms with Crippen LogP contribution in [0.25, 0.3) is 0 Å². The van der Waals surface area contributed by atoms with Crippen LogP contribution in [0.5, 0.6) is 0 Å². The first-order valence-electron chi connectivity index (χ1n) is 8.37. The van der Waals surface area contributed by atoms with Gasteiger partial charge in [-0.1, -0.05) is 23.8 Å². The monoisotopic (exact) mass is 416 g/mol. The summed E-state index contributed by atoms with van der Waals surface area (Å²) < 4.78 is 74.3. The van der Waals surface area contributed by atoms with Crippen LogP contribution in [-0.2, 0) is 9.53 Å². The van der Waals surface area contributed by atoms with E-state index in [1.807, 2.05) is 5.32 Å². The predicted octanol–water partition coefficient (Wildman–Crippen LogP) is 3.94. The number of rotatable bonds is 6. The van der Waals surface area contributed by atoms with Gasteiger partial charge in [0.25, 0.3) is 5.91 Å². The Hall–Kier alpha value is -3.17. The van der Waals surface area contributed by atoms with Crippen molar-refractivity contribution in [3.8, 4) is 0 Å². The lowest BCUT2D eigenvalue weighted by molar-refractivity contribution is -0.204. The molecule has 0 unspecified atom stereocenters. The maximum absolute atomic E-state index is 14.0. The third-order valence-electron chi connectivity index (χ3n) is 3.88. The lowest BCUT2D eigenvalue weighted by atomic mass is 10.1. The van der Waals surface area contributed by atoms with Crippen molar-refractivity contribution in [1.29, 1.82) is 0 Å². The molecule has 0 aliphatic carbocycles. The minimum absolute atomic E-state index is 0.185. The number of halogens is 5. The van der Waals surface area contributed by atoms with E-state index in [-0.39, 0.29) is 5.69 Å². The summed E-state index contributed by atoms with van der Waals surface area (Å²) in [6.45, 7) is 2.52. The zero-order valence-corrected chi connectivity index (χ0v) is 15.4. The van der Waals surface area contributed by atoms with E-state index in [2.05, 4.69) is 4.74 Å². The van der Waals surface area contributed by atoms with Crippen LogP contribution in [0, 0.1) is 18.6 Å². The molecule has 5 nitrogen and oxygen atoms in total. The predicted molar refractivity (Wildman–Crippen MR) is 94.0 cm³/mol. The summed E-state index contributed by atoms with van der Waals surface area (Å²) in [5.41, 5.74) is -4.52. The lowest BCUT2D eigenvalue weighted by Crippen LogP contribution is -2.69. The van der Waals surface area contributed by atoms with E-state index >= 15 is 0 Å². The van der Waals surface area contributed by atoms with Gasteiger partial charge in [-0.15, -0.1) is 0 Å². The second-order valence-corrected chi connectivity index (χ2v) is 6.01. The van der Waals surface area contributed by atoms with E-state index in [0.29, 0.717) is 12.1 Å². The van der Waals surface area contributed by atoms with E-state index in [0.717, 1.165) is 11.6 Å². The van der Waals surface area contributed by atoms with Crippen LogP contribution >= 0.6 is 0 Å². The standard InChI is InChI=1S/C19H17F5N2O3/c1-3-29-17(28)18(19(22,23)24,25-12-9-7-11(2)8-10-12)26-16(27)15-13(20)5-4-6-14(15)21/h4-10,25H,3H2,1-2H3,(H,26,27)/t18-/m1/s1. The highest BCUT2D eigenvalue weighted by molar-refractivity contribution is 5.99. The number of hydrogen-bond acceptors (Lipinski definition) is 4. The molecule has 1 atom stereocenters. The number of benzene rings is 2. The highest BCUT2D eigenvalue weighted by atomic mass is 19.4. The van der Waals surface area contributed by atoms with Crippen molar-refractivity contribution >= 4 is 17.6 Å². The molecular weight excluding hydrogens is 399 g/mol. The molecule has 0 fully saturated rings. The average molecular weight is 416 g/mol. The van der Waals surface area contributed by atoms with Crippen molar-refractivity contribution < 1.29 is 36.3 Å². The van der Waals surface area contributed by atoms with Gasteiger partial charge in [0, 0.05) is 5.69 Å². The fourth-order valence-corrected chi connectivity index (χ4v) is 2.43. The minimum atomic E-state index is -5.43. The number of anilines is 1. The number of hydrogen-bond donors (Lipinski definition) is 2. The molecule has 1 amide bonds. The second kappa shape index (κ2) is 8.46. The highest BCUT2D eigenvalue weighted by Crippen LogP contribution is 2.34. The zero-order chi connectivity index (χ0) is 21.8. The van der Waals surface area contributed by atoms with Crippen molar-refractivity contribution in [2.24, 2.45) is 0 Å². The Bertz CT molecular complexity index is 879. The summed E-state index contributed by atoms with van der Waals surface area (Å²) in [4.78, 5) is 24.7. The van der Waals surface area contributed by atoms with E-state index in [9.17, 15) is 31.5 Å². The molecular formula is C19H17F5N2O3. The van der Waals surface area contributed by atoms with Gasteiger partial charge in [0.1, 0.15) is 17.2 Å². The van der Waals surface area contributed by atoms with Crippen LogP contribution in [0.4, 0.5) is 27.6 Å². The van der Waals surface area contributed by atoms with Gasteiger partial charge in [-0.25, -0.2) is 13.6 Å². The molecule has 2 aromatic rings. The number of aryl methyl sites for hydroxylation is 1. The van der Waals surface area contributed by atoms with Crippen LogP contribution < -0.4 is 10.6 Å². The molecule has 2 N–H and O–H groups in total. The third kappa shape index (κ3) is 4.64. The molecule has 0 spiro atoms. The molecule has 10 heteroatoms. The Kier molecular flexibility index (Phi) is 6.45. The first-order valence-corrected chi connectivity index (χ1v) is 8.37. The van der Waals surface area contributed by atoms with Crippen molar-refractivity contribution in [3.05, 3.63) is 65.2 Å². The summed E-state index contributed by atoms with van der Waals surface area (Å²) in [5.74, 6) is -6.46. The molecule has 2 rings (SSSR count). The first kappa shape index (κ1) is 22.1. The Morgan fingerprint density at radius 2 is 1.55 bits per heavy atom. The quantitative estimate of drug-likeness (QED) is 0.425. The van der Waals surface area contributed by atoms with Crippen molar-refractivity contribution in [1.82, 2.24) is 5.32 Å². The van der Waals surface area contributed by atoms with Crippen molar-refractivity contribution in [2.45, 2.75) is 25.7 Å². The summed E-state index contributed by atoms with van der Waals surface area (Å²) in [5, 5.41) is 3.29. The SMILES string of the molecule is CCOC(=O)[C@](NC(=O)c1c(F)cccc1F)(Nc1ccc(C)cc1)C(F)(F)F.